The van der Waals surface area contributed by atoms with Gasteiger partial charge in [0.05, 0.1) is 5.52 Å². The zero-order chi connectivity index (χ0) is 12.8. The average Bonchev–Trinajstić information content (AvgIpc) is 2.42. The Morgan fingerprint density at radius 3 is 2.94 bits per heavy atom. The Balaban J connectivity index is 2.32. The van der Waals surface area contributed by atoms with Crippen molar-refractivity contribution in [2.45, 2.75) is 26.2 Å². The van der Waals surface area contributed by atoms with Gasteiger partial charge < -0.3 is 11.1 Å². The molecule has 0 saturated heterocycles. The number of fused-ring (bicyclic) bond motifs is 1. The number of nitrogens with two attached hydrogens (primary N) is 1. The van der Waals surface area contributed by atoms with Crippen LogP contribution >= 0.6 is 0 Å². The number of rotatable bonds is 6. The van der Waals surface area contributed by atoms with E-state index in [1.54, 1.807) is 0 Å². The van der Waals surface area contributed by atoms with Gasteiger partial charge in [0.15, 0.2) is 0 Å². The number of anilines is 1. The van der Waals surface area contributed by atoms with Crippen LogP contribution in [0.25, 0.3) is 10.9 Å². The van der Waals surface area contributed by atoms with Gasteiger partial charge in [-0.3, -0.25) is 4.98 Å². The highest BCUT2D eigenvalue weighted by Crippen LogP contribution is 2.23. The summed E-state index contributed by atoms with van der Waals surface area (Å²) < 4.78 is 0. The van der Waals surface area contributed by atoms with Crippen molar-refractivity contribution in [1.29, 1.82) is 0 Å². The van der Waals surface area contributed by atoms with Gasteiger partial charge in [-0.15, -0.1) is 0 Å². The van der Waals surface area contributed by atoms with Crippen molar-refractivity contribution in [3.05, 3.63) is 36.0 Å². The molecule has 1 aromatic carbocycles. The maximum Gasteiger partial charge on any atom is 0.0722 e. The summed E-state index contributed by atoms with van der Waals surface area (Å²) in [7, 11) is 0. The number of unbranched alkanes of at least 4 members (excludes halogenated alkanes) is 1. The summed E-state index contributed by atoms with van der Waals surface area (Å²) in [6.07, 6.45) is 5.44. The maximum atomic E-state index is 5.54. The largest absolute Gasteiger partial charge is 0.383 e. The Bertz CT molecular complexity index is 508. The number of pyridine rings is 1. The van der Waals surface area contributed by atoms with Crippen LogP contribution in [0.5, 0.6) is 0 Å². The van der Waals surface area contributed by atoms with E-state index in [0.29, 0.717) is 6.54 Å². The quantitative estimate of drug-likeness (QED) is 0.820. The number of nitrogens with zero attached hydrogens (tertiary/aromatic N) is 1. The Hall–Kier alpha value is -1.61. The van der Waals surface area contributed by atoms with E-state index in [9.17, 15) is 0 Å². The van der Waals surface area contributed by atoms with E-state index in [1.165, 1.54) is 23.8 Å². The molecule has 18 heavy (non-hydrogen) atoms. The van der Waals surface area contributed by atoms with Gasteiger partial charge in [0.2, 0.25) is 0 Å². The van der Waals surface area contributed by atoms with Crippen LogP contribution in [0.15, 0.2) is 30.5 Å². The Morgan fingerprint density at radius 2 is 2.17 bits per heavy atom. The van der Waals surface area contributed by atoms with Gasteiger partial charge in [-0.2, -0.15) is 0 Å². The molecule has 0 atom stereocenters. The summed E-state index contributed by atoms with van der Waals surface area (Å²) >= 11 is 0. The predicted octanol–water partition coefficient (Wildman–Crippen LogP) is 2.95. The van der Waals surface area contributed by atoms with Crippen molar-refractivity contribution < 1.29 is 0 Å². The third kappa shape index (κ3) is 2.99. The van der Waals surface area contributed by atoms with Gasteiger partial charge in [0, 0.05) is 30.4 Å². The molecule has 1 heterocycles. The molecule has 2 aromatic rings. The minimum absolute atomic E-state index is 0.638. The highest BCUT2D eigenvalue weighted by Gasteiger charge is 2.02. The zero-order valence-electron chi connectivity index (χ0n) is 10.9. The smallest absolute Gasteiger partial charge is 0.0722 e. The summed E-state index contributed by atoms with van der Waals surface area (Å²) in [5, 5.41) is 4.55. The normalized spacial score (nSPS) is 10.8. The summed E-state index contributed by atoms with van der Waals surface area (Å²) in [5.74, 6) is 0. The fourth-order valence-electron chi connectivity index (χ4n) is 2.09. The Kier molecular flexibility index (Phi) is 4.53. The molecule has 2 rings (SSSR count). The molecule has 0 aliphatic rings. The van der Waals surface area contributed by atoms with Crippen LogP contribution in [0.4, 0.5) is 5.69 Å². The summed E-state index contributed by atoms with van der Waals surface area (Å²) in [4.78, 5) is 4.40. The number of hydrogen-bond donors (Lipinski definition) is 2. The van der Waals surface area contributed by atoms with E-state index < -0.39 is 0 Å². The molecule has 0 aliphatic heterocycles. The van der Waals surface area contributed by atoms with Crippen molar-refractivity contribution >= 4 is 16.6 Å². The minimum atomic E-state index is 0.638. The van der Waals surface area contributed by atoms with Gasteiger partial charge in [-0.1, -0.05) is 19.4 Å². The second-order valence-electron chi connectivity index (χ2n) is 4.53. The number of nitrogens with one attached hydrogen (secondary N) is 1. The molecule has 3 nitrogen and oxygen atoms in total. The second-order valence-corrected chi connectivity index (χ2v) is 4.53. The predicted molar refractivity (Wildman–Crippen MR) is 77.9 cm³/mol. The van der Waals surface area contributed by atoms with E-state index >= 15 is 0 Å². The number of hydrogen-bond acceptors (Lipinski definition) is 3. The van der Waals surface area contributed by atoms with Gasteiger partial charge in [-0.05, 0) is 36.6 Å². The molecule has 0 fully saturated rings. The molecule has 0 spiro atoms. The first-order chi connectivity index (χ1) is 8.85. The average molecular weight is 243 g/mol. The molecule has 0 saturated carbocycles. The first kappa shape index (κ1) is 12.8. The van der Waals surface area contributed by atoms with Crippen LogP contribution in [-0.2, 0) is 6.42 Å². The van der Waals surface area contributed by atoms with Gasteiger partial charge in [0.25, 0.3) is 0 Å². The second kappa shape index (κ2) is 6.36. The van der Waals surface area contributed by atoms with E-state index in [2.05, 4.69) is 35.4 Å². The van der Waals surface area contributed by atoms with Crippen LogP contribution in [0, 0.1) is 0 Å². The zero-order valence-corrected chi connectivity index (χ0v) is 10.9. The molecule has 3 heteroatoms. The molecular formula is C15H21N3. The maximum absolute atomic E-state index is 5.54. The van der Waals surface area contributed by atoms with E-state index in [4.69, 9.17) is 5.73 Å². The monoisotopic (exact) mass is 243 g/mol. The van der Waals surface area contributed by atoms with E-state index in [1.807, 2.05) is 12.3 Å². The molecule has 96 valence electrons. The van der Waals surface area contributed by atoms with Crippen LogP contribution in [-0.4, -0.2) is 18.1 Å². The molecule has 0 bridgehead atoms. The highest BCUT2D eigenvalue weighted by atomic mass is 14.9. The van der Waals surface area contributed by atoms with Gasteiger partial charge in [0.1, 0.15) is 0 Å². The van der Waals surface area contributed by atoms with Crippen molar-refractivity contribution in [2.75, 3.05) is 18.4 Å². The molecular weight excluding hydrogens is 222 g/mol. The third-order valence-corrected chi connectivity index (χ3v) is 3.08. The van der Waals surface area contributed by atoms with Gasteiger partial charge in [-0.25, -0.2) is 0 Å². The fraction of sp³-hybridized carbons (Fsp3) is 0.400. The van der Waals surface area contributed by atoms with Crippen molar-refractivity contribution in [1.82, 2.24) is 4.98 Å². The summed E-state index contributed by atoms with van der Waals surface area (Å²) in [6.45, 7) is 3.65. The Morgan fingerprint density at radius 1 is 1.28 bits per heavy atom. The number of aromatic nitrogens is 1. The van der Waals surface area contributed by atoms with E-state index in [0.717, 1.165) is 24.2 Å². The standard InChI is InChI=1S/C15H21N3/c1-2-3-4-12-5-6-14-13(11-12)15(7-9-17-14)18-10-8-16/h5-7,9,11H,2-4,8,10,16H2,1H3,(H,17,18). The van der Waals surface area contributed by atoms with Crippen LogP contribution in [0.3, 0.4) is 0 Å². The lowest BCUT2D eigenvalue weighted by Crippen LogP contribution is -2.13. The first-order valence-corrected chi connectivity index (χ1v) is 6.66. The molecule has 0 unspecified atom stereocenters. The third-order valence-electron chi connectivity index (χ3n) is 3.08. The lowest BCUT2D eigenvalue weighted by Gasteiger charge is -2.09. The van der Waals surface area contributed by atoms with Crippen molar-refractivity contribution in [2.24, 2.45) is 5.73 Å². The number of aryl methyl sites for hydroxylation is 1. The van der Waals surface area contributed by atoms with Crippen molar-refractivity contribution in [3.8, 4) is 0 Å². The Labute approximate surface area is 108 Å². The van der Waals surface area contributed by atoms with Crippen LogP contribution in [0.2, 0.25) is 0 Å². The topological polar surface area (TPSA) is 50.9 Å². The molecule has 0 radical (unpaired) electrons. The summed E-state index contributed by atoms with van der Waals surface area (Å²) in [5.41, 5.74) is 9.09. The lowest BCUT2D eigenvalue weighted by molar-refractivity contribution is 0.796. The highest BCUT2D eigenvalue weighted by molar-refractivity contribution is 5.91. The number of benzene rings is 1. The van der Waals surface area contributed by atoms with Gasteiger partial charge >= 0.3 is 0 Å². The van der Waals surface area contributed by atoms with Crippen LogP contribution in [0.1, 0.15) is 25.3 Å². The van der Waals surface area contributed by atoms with E-state index in [-0.39, 0.29) is 0 Å². The van der Waals surface area contributed by atoms with Crippen molar-refractivity contribution in [3.63, 3.8) is 0 Å². The fourth-order valence-corrected chi connectivity index (χ4v) is 2.09. The molecule has 1 aromatic heterocycles. The SMILES string of the molecule is CCCCc1ccc2nccc(NCCN)c2c1. The molecule has 0 aliphatic carbocycles. The molecule has 0 amide bonds. The first-order valence-electron chi connectivity index (χ1n) is 6.66. The lowest BCUT2D eigenvalue weighted by atomic mass is 10.0. The minimum Gasteiger partial charge on any atom is -0.383 e. The summed E-state index contributed by atoms with van der Waals surface area (Å²) in [6, 6.07) is 8.55. The van der Waals surface area contributed by atoms with Crippen LogP contribution < -0.4 is 11.1 Å². The molecule has 3 N–H and O–H groups in total.